The number of aryl methyl sites for hydroxylation is 1. The number of anilines is 1. The molecule has 3 rings (SSSR count). The molecule has 0 aromatic carbocycles. The Morgan fingerprint density at radius 1 is 1.13 bits per heavy atom. The summed E-state index contributed by atoms with van der Waals surface area (Å²) in [5.41, 5.74) is 0.983. The van der Waals surface area contributed by atoms with Crippen LogP contribution in [-0.2, 0) is 20.7 Å². The lowest BCUT2D eigenvalue weighted by Crippen LogP contribution is -2.39. The normalized spacial score (nSPS) is 17.6. The van der Waals surface area contributed by atoms with Crippen molar-refractivity contribution in [3.63, 3.8) is 0 Å². The SMILES string of the molecule is Cc1nc(N2CCOCC2)[nH]c(=O)c1CCC(=O)NCCNC(=O)C1CCCCC1. The van der Waals surface area contributed by atoms with Crippen LogP contribution in [0.2, 0.25) is 0 Å². The fraction of sp³-hybridized carbons (Fsp3) is 0.714. The van der Waals surface area contributed by atoms with Crippen LogP contribution in [0.15, 0.2) is 4.79 Å². The number of nitrogens with one attached hydrogen (secondary N) is 3. The summed E-state index contributed by atoms with van der Waals surface area (Å²) < 4.78 is 5.33. The fourth-order valence-corrected chi connectivity index (χ4v) is 4.04. The molecule has 2 aliphatic rings. The van der Waals surface area contributed by atoms with E-state index >= 15 is 0 Å². The van der Waals surface area contributed by atoms with Crippen LogP contribution in [0.5, 0.6) is 0 Å². The summed E-state index contributed by atoms with van der Waals surface area (Å²) in [5, 5.41) is 5.71. The Balaban J connectivity index is 1.39. The van der Waals surface area contributed by atoms with Gasteiger partial charge in [0.05, 0.1) is 13.2 Å². The maximum absolute atomic E-state index is 12.5. The molecule has 0 spiro atoms. The second-order valence-corrected chi connectivity index (χ2v) is 8.03. The number of aromatic nitrogens is 2. The number of carbonyl (C=O) groups excluding carboxylic acids is 2. The molecule has 1 aromatic heterocycles. The molecule has 1 aromatic rings. The molecule has 166 valence electrons. The third-order valence-corrected chi connectivity index (χ3v) is 5.84. The van der Waals surface area contributed by atoms with E-state index < -0.39 is 0 Å². The van der Waals surface area contributed by atoms with Gasteiger partial charge in [-0.1, -0.05) is 19.3 Å². The molecular weight excluding hydrogens is 386 g/mol. The second kappa shape index (κ2) is 11.1. The quantitative estimate of drug-likeness (QED) is 0.533. The van der Waals surface area contributed by atoms with Gasteiger partial charge in [0.2, 0.25) is 17.8 Å². The standard InChI is InChI=1S/C21H33N5O4/c1-15-17(20(29)25-21(24-15)26-11-13-30-14-12-26)7-8-18(27)22-9-10-23-19(28)16-5-3-2-4-6-16/h16H,2-14H2,1H3,(H,22,27)(H,23,28)(H,24,25,29). The molecule has 1 aliphatic carbocycles. The van der Waals surface area contributed by atoms with E-state index in [0.717, 1.165) is 25.7 Å². The van der Waals surface area contributed by atoms with E-state index in [1.54, 1.807) is 6.92 Å². The van der Waals surface area contributed by atoms with E-state index in [1.165, 1.54) is 6.42 Å². The van der Waals surface area contributed by atoms with Crippen LogP contribution in [0, 0.1) is 12.8 Å². The summed E-state index contributed by atoms with van der Waals surface area (Å²) in [5.74, 6) is 0.635. The molecule has 30 heavy (non-hydrogen) atoms. The molecule has 9 nitrogen and oxygen atoms in total. The lowest BCUT2D eigenvalue weighted by Gasteiger charge is -2.27. The van der Waals surface area contributed by atoms with Crippen molar-refractivity contribution in [1.82, 2.24) is 20.6 Å². The Kier molecular flexibility index (Phi) is 8.24. The number of hydrogen-bond donors (Lipinski definition) is 3. The van der Waals surface area contributed by atoms with Crippen LogP contribution in [0.4, 0.5) is 5.95 Å². The summed E-state index contributed by atoms with van der Waals surface area (Å²) in [6, 6.07) is 0. The third kappa shape index (κ3) is 6.29. The minimum atomic E-state index is -0.198. The number of aromatic amines is 1. The molecule has 2 amide bonds. The number of ether oxygens (including phenoxy) is 1. The summed E-state index contributed by atoms with van der Waals surface area (Å²) in [7, 11) is 0. The van der Waals surface area contributed by atoms with Crippen molar-refractivity contribution in [2.24, 2.45) is 5.92 Å². The predicted octanol–water partition coefficient (Wildman–Crippen LogP) is 0.660. The van der Waals surface area contributed by atoms with Crippen LogP contribution in [-0.4, -0.2) is 61.2 Å². The minimum Gasteiger partial charge on any atom is -0.378 e. The lowest BCUT2D eigenvalue weighted by molar-refractivity contribution is -0.126. The van der Waals surface area contributed by atoms with Gasteiger partial charge in [-0.3, -0.25) is 19.4 Å². The van der Waals surface area contributed by atoms with Crippen molar-refractivity contribution in [2.75, 3.05) is 44.3 Å². The Labute approximate surface area is 177 Å². The van der Waals surface area contributed by atoms with E-state index in [-0.39, 0.29) is 29.7 Å². The predicted molar refractivity (Wildman–Crippen MR) is 114 cm³/mol. The van der Waals surface area contributed by atoms with E-state index in [9.17, 15) is 14.4 Å². The zero-order valence-corrected chi connectivity index (χ0v) is 17.8. The van der Waals surface area contributed by atoms with Gasteiger partial charge in [0.15, 0.2) is 0 Å². The van der Waals surface area contributed by atoms with Gasteiger partial charge in [-0.25, -0.2) is 4.98 Å². The Morgan fingerprint density at radius 2 is 1.83 bits per heavy atom. The number of H-pyrrole nitrogens is 1. The van der Waals surface area contributed by atoms with E-state index in [2.05, 4.69) is 20.6 Å². The van der Waals surface area contributed by atoms with Crippen LogP contribution < -0.4 is 21.1 Å². The van der Waals surface area contributed by atoms with E-state index in [0.29, 0.717) is 63.0 Å². The highest BCUT2D eigenvalue weighted by Gasteiger charge is 2.20. The van der Waals surface area contributed by atoms with Gasteiger partial charge in [-0.15, -0.1) is 0 Å². The fourth-order valence-electron chi connectivity index (χ4n) is 4.04. The summed E-state index contributed by atoms with van der Waals surface area (Å²) >= 11 is 0. The monoisotopic (exact) mass is 419 g/mol. The van der Waals surface area contributed by atoms with Crippen molar-refractivity contribution >= 4 is 17.8 Å². The van der Waals surface area contributed by atoms with Crippen molar-refractivity contribution < 1.29 is 14.3 Å². The van der Waals surface area contributed by atoms with Crippen molar-refractivity contribution in [3.05, 3.63) is 21.6 Å². The molecule has 2 heterocycles. The minimum absolute atomic E-state index is 0.0949. The van der Waals surface area contributed by atoms with Crippen LogP contribution in [0.3, 0.4) is 0 Å². The van der Waals surface area contributed by atoms with Gasteiger partial charge in [0, 0.05) is 49.8 Å². The molecule has 0 atom stereocenters. The largest absolute Gasteiger partial charge is 0.378 e. The maximum Gasteiger partial charge on any atom is 0.255 e. The van der Waals surface area contributed by atoms with Gasteiger partial charge < -0.3 is 20.3 Å². The van der Waals surface area contributed by atoms with E-state index in [4.69, 9.17) is 4.74 Å². The number of rotatable bonds is 8. The average molecular weight is 420 g/mol. The first-order valence-corrected chi connectivity index (χ1v) is 11.0. The summed E-state index contributed by atoms with van der Waals surface area (Å²) in [4.78, 5) is 46.0. The molecule has 0 bridgehead atoms. The molecule has 2 fully saturated rings. The van der Waals surface area contributed by atoms with Gasteiger partial charge in [-0.2, -0.15) is 0 Å². The Bertz CT molecular complexity index is 782. The van der Waals surface area contributed by atoms with Crippen LogP contribution in [0.1, 0.15) is 49.8 Å². The highest BCUT2D eigenvalue weighted by molar-refractivity contribution is 5.79. The summed E-state index contributed by atoms with van der Waals surface area (Å²) in [6.07, 6.45) is 5.92. The highest BCUT2D eigenvalue weighted by atomic mass is 16.5. The zero-order valence-electron chi connectivity index (χ0n) is 17.8. The number of nitrogens with zero attached hydrogens (tertiary/aromatic N) is 2. The van der Waals surface area contributed by atoms with Crippen molar-refractivity contribution in [3.8, 4) is 0 Å². The molecule has 1 saturated carbocycles. The van der Waals surface area contributed by atoms with Gasteiger partial charge in [0.25, 0.3) is 5.56 Å². The number of carbonyl (C=O) groups is 2. The van der Waals surface area contributed by atoms with E-state index in [1.807, 2.05) is 4.90 Å². The Morgan fingerprint density at radius 3 is 2.53 bits per heavy atom. The summed E-state index contributed by atoms with van der Waals surface area (Å²) in [6.45, 7) is 5.24. The zero-order chi connectivity index (χ0) is 21.3. The van der Waals surface area contributed by atoms with Gasteiger partial charge in [0.1, 0.15) is 0 Å². The van der Waals surface area contributed by atoms with Gasteiger partial charge >= 0.3 is 0 Å². The van der Waals surface area contributed by atoms with Crippen LogP contribution >= 0.6 is 0 Å². The maximum atomic E-state index is 12.5. The third-order valence-electron chi connectivity index (χ3n) is 5.84. The van der Waals surface area contributed by atoms with Crippen molar-refractivity contribution in [2.45, 2.75) is 51.9 Å². The van der Waals surface area contributed by atoms with Crippen molar-refractivity contribution in [1.29, 1.82) is 0 Å². The topological polar surface area (TPSA) is 116 Å². The number of hydrogen-bond acceptors (Lipinski definition) is 6. The first-order valence-electron chi connectivity index (χ1n) is 11.0. The second-order valence-electron chi connectivity index (χ2n) is 8.03. The first-order chi connectivity index (χ1) is 14.5. The molecule has 0 radical (unpaired) electrons. The molecule has 1 saturated heterocycles. The molecule has 0 unspecified atom stereocenters. The Hall–Kier alpha value is -2.42. The number of morpholine rings is 1. The molecule has 9 heteroatoms. The first kappa shape index (κ1) is 22.3. The highest BCUT2D eigenvalue weighted by Crippen LogP contribution is 2.23. The number of amides is 2. The van der Waals surface area contributed by atoms with Crippen LogP contribution in [0.25, 0.3) is 0 Å². The van der Waals surface area contributed by atoms with Gasteiger partial charge in [-0.05, 0) is 26.2 Å². The molecule has 1 aliphatic heterocycles. The smallest absolute Gasteiger partial charge is 0.255 e. The lowest BCUT2D eigenvalue weighted by atomic mass is 9.89. The average Bonchev–Trinajstić information content (AvgIpc) is 2.77. The molecular formula is C21H33N5O4. The molecule has 3 N–H and O–H groups in total.